The highest BCUT2D eigenvalue weighted by molar-refractivity contribution is 6.29. The number of anilines is 1. The van der Waals surface area contributed by atoms with Gasteiger partial charge < -0.3 is 10.1 Å². The molecule has 2 heterocycles. The number of rotatable bonds is 5. The second-order valence-corrected chi connectivity index (χ2v) is 5.79. The first-order valence-electron chi connectivity index (χ1n) is 7.68. The Morgan fingerprint density at radius 3 is 2.68 bits per heavy atom. The van der Waals surface area contributed by atoms with Gasteiger partial charge in [-0.1, -0.05) is 41.9 Å². The van der Waals surface area contributed by atoms with Crippen LogP contribution in [0.5, 0.6) is 5.88 Å². The zero-order valence-corrected chi connectivity index (χ0v) is 14.3. The summed E-state index contributed by atoms with van der Waals surface area (Å²) in [6, 6.07) is 17.0. The molecule has 0 aliphatic heterocycles. The molecule has 0 saturated carbocycles. The largest absolute Gasteiger partial charge is 0.473 e. The number of carbonyl (C=O) groups excluding carboxylic acids is 1. The van der Waals surface area contributed by atoms with Crippen molar-refractivity contribution < 1.29 is 9.53 Å². The van der Waals surface area contributed by atoms with Crippen LogP contribution in [0.15, 0.2) is 60.8 Å². The van der Waals surface area contributed by atoms with E-state index < -0.39 is 0 Å². The van der Waals surface area contributed by atoms with Crippen LogP contribution in [0.2, 0.25) is 5.15 Å². The lowest BCUT2D eigenvalue weighted by molar-refractivity contribution is -0.114. The third-order valence-corrected chi connectivity index (χ3v) is 3.59. The monoisotopic (exact) mass is 353 g/mol. The molecule has 0 aliphatic rings. The average molecular weight is 354 g/mol. The van der Waals surface area contributed by atoms with Crippen LogP contribution in [0.4, 0.5) is 5.82 Å². The maximum atomic E-state index is 11.2. The molecule has 1 N–H and O–H groups in total. The van der Waals surface area contributed by atoms with Gasteiger partial charge in [-0.2, -0.15) is 0 Å². The first-order chi connectivity index (χ1) is 12.1. The summed E-state index contributed by atoms with van der Waals surface area (Å²) < 4.78 is 5.75. The third kappa shape index (κ3) is 4.78. The van der Waals surface area contributed by atoms with Crippen LogP contribution in [0.3, 0.4) is 0 Å². The standard InChI is InChI=1S/C19H16ClN3O2/c1-13(24)22-18-10-15(7-8-21-18)16-9-17(20)23-19(11-16)25-12-14-5-3-2-4-6-14/h2-11H,12H2,1H3,(H,21,22,24). The zero-order chi connectivity index (χ0) is 17.6. The maximum Gasteiger partial charge on any atom is 0.222 e. The van der Waals surface area contributed by atoms with Gasteiger partial charge in [0.1, 0.15) is 17.6 Å². The molecule has 0 atom stereocenters. The van der Waals surface area contributed by atoms with Crippen molar-refractivity contribution in [1.82, 2.24) is 9.97 Å². The number of benzene rings is 1. The molecule has 25 heavy (non-hydrogen) atoms. The quantitative estimate of drug-likeness (QED) is 0.693. The van der Waals surface area contributed by atoms with Crippen molar-refractivity contribution in [2.45, 2.75) is 13.5 Å². The van der Waals surface area contributed by atoms with Crippen LogP contribution in [0, 0.1) is 0 Å². The maximum absolute atomic E-state index is 11.2. The van der Waals surface area contributed by atoms with E-state index in [0.29, 0.717) is 23.5 Å². The summed E-state index contributed by atoms with van der Waals surface area (Å²) in [6.07, 6.45) is 1.62. The highest BCUT2D eigenvalue weighted by Crippen LogP contribution is 2.27. The molecular formula is C19H16ClN3O2. The SMILES string of the molecule is CC(=O)Nc1cc(-c2cc(Cl)nc(OCc3ccccc3)c2)ccn1. The molecule has 0 radical (unpaired) electrons. The van der Waals surface area contributed by atoms with Crippen molar-refractivity contribution >= 4 is 23.3 Å². The number of halogens is 1. The highest BCUT2D eigenvalue weighted by atomic mass is 35.5. The number of pyridine rings is 2. The Balaban J connectivity index is 1.83. The summed E-state index contributed by atoms with van der Waals surface area (Å²) in [6.45, 7) is 1.84. The minimum atomic E-state index is -0.177. The second kappa shape index (κ2) is 7.77. The Kier molecular flexibility index (Phi) is 5.26. The number of aromatic nitrogens is 2. The normalized spacial score (nSPS) is 10.3. The fourth-order valence-electron chi connectivity index (χ4n) is 2.30. The van der Waals surface area contributed by atoms with Crippen LogP contribution in [-0.2, 0) is 11.4 Å². The molecule has 126 valence electrons. The van der Waals surface area contributed by atoms with Crippen LogP contribution in [0.1, 0.15) is 12.5 Å². The lowest BCUT2D eigenvalue weighted by Gasteiger charge is -2.09. The number of nitrogens with one attached hydrogen (secondary N) is 1. The molecular weight excluding hydrogens is 338 g/mol. The van der Waals surface area contributed by atoms with Crippen LogP contribution < -0.4 is 10.1 Å². The fourth-order valence-corrected chi connectivity index (χ4v) is 2.50. The Morgan fingerprint density at radius 2 is 1.92 bits per heavy atom. The Morgan fingerprint density at radius 1 is 1.12 bits per heavy atom. The number of carbonyl (C=O) groups is 1. The molecule has 3 aromatic rings. The lowest BCUT2D eigenvalue weighted by Crippen LogP contribution is -2.07. The Bertz CT molecular complexity index is 885. The van der Waals surface area contributed by atoms with Gasteiger partial charge in [0.2, 0.25) is 11.8 Å². The summed E-state index contributed by atoms with van der Waals surface area (Å²) in [5, 5.41) is 2.99. The summed E-state index contributed by atoms with van der Waals surface area (Å²) in [5.74, 6) is 0.734. The molecule has 3 rings (SSSR count). The van der Waals surface area contributed by atoms with Gasteiger partial charge in [-0.05, 0) is 34.9 Å². The molecule has 0 aliphatic carbocycles. The van der Waals surface area contributed by atoms with E-state index >= 15 is 0 Å². The molecule has 0 fully saturated rings. The van der Waals surface area contributed by atoms with Gasteiger partial charge in [0.25, 0.3) is 0 Å². The van der Waals surface area contributed by atoms with E-state index in [2.05, 4.69) is 15.3 Å². The summed E-state index contributed by atoms with van der Waals surface area (Å²) in [5.41, 5.74) is 2.73. The predicted molar refractivity (Wildman–Crippen MR) is 97.6 cm³/mol. The molecule has 0 saturated heterocycles. The van der Waals surface area contributed by atoms with E-state index in [0.717, 1.165) is 16.7 Å². The minimum absolute atomic E-state index is 0.177. The molecule has 1 amide bonds. The number of ether oxygens (including phenoxy) is 1. The molecule has 0 spiro atoms. The van der Waals surface area contributed by atoms with Crippen molar-refractivity contribution in [2.75, 3.05) is 5.32 Å². The summed E-state index contributed by atoms with van der Waals surface area (Å²) in [4.78, 5) is 19.5. The minimum Gasteiger partial charge on any atom is -0.473 e. The molecule has 1 aromatic carbocycles. The molecule has 6 heteroatoms. The van der Waals surface area contributed by atoms with Crippen LogP contribution in [0.25, 0.3) is 11.1 Å². The third-order valence-electron chi connectivity index (χ3n) is 3.40. The highest BCUT2D eigenvalue weighted by Gasteiger charge is 2.07. The van der Waals surface area contributed by atoms with Crippen molar-refractivity contribution in [1.29, 1.82) is 0 Å². The van der Waals surface area contributed by atoms with Crippen LogP contribution in [-0.4, -0.2) is 15.9 Å². The van der Waals surface area contributed by atoms with Gasteiger partial charge in [0.15, 0.2) is 0 Å². The molecule has 2 aromatic heterocycles. The number of amides is 1. The Hall–Kier alpha value is -2.92. The summed E-state index contributed by atoms with van der Waals surface area (Å²) >= 11 is 6.13. The van der Waals surface area contributed by atoms with Crippen molar-refractivity contribution in [2.24, 2.45) is 0 Å². The first-order valence-corrected chi connectivity index (χ1v) is 8.06. The summed E-state index contributed by atoms with van der Waals surface area (Å²) in [7, 11) is 0. The van der Waals surface area contributed by atoms with E-state index in [4.69, 9.17) is 16.3 Å². The second-order valence-electron chi connectivity index (χ2n) is 5.40. The number of hydrogen-bond acceptors (Lipinski definition) is 4. The van der Waals surface area contributed by atoms with Crippen molar-refractivity contribution in [3.05, 3.63) is 71.5 Å². The van der Waals surface area contributed by atoms with E-state index in [1.165, 1.54) is 6.92 Å². The number of nitrogens with zero attached hydrogens (tertiary/aromatic N) is 2. The van der Waals surface area contributed by atoms with E-state index in [1.807, 2.05) is 42.5 Å². The lowest BCUT2D eigenvalue weighted by atomic mass is 10.1. The van der Waals surface area contributed by atoms with Gasteiger partial charge in [-0.15, -0.1) is 0 Å². The zero-order valence-electron chi connectivity index (χ0n) is 13.6. The van der Waals surface area contributed by atoms with Gasteiger partial charge in [0, 0.05) is 19.2 Å². The van der Waals surface area contributed by atoms with Crippen molar-refractivity contribution in [3.63, 3.8) is 0 Å². The topological polar surface area (TPSA) is 64.1 Å². The smallest absolute Gasteiger partial charge is 0.222 e. The first kappa shape index (κ1) is 16.9. The van der Waals surface area contributed by atoms with E-state index in [1.54, 1.807) is 18.3 Å². The van der Waals surface area contributed by atoms with Gasteiger partial charge >= 0.3 is 0 Å². The van der Waals surface area contributed by atoms with E-state index in [-0.39, 0.29) is 5.91 Å². The van der Waals surface area contributed by atoms with Gasteiger partial charge in [-0.3, -0.25) is 4.79 Å². The number of hydrogen-bond donors (Lipinski definition) is 1. The van der Waals surface area contributed by atoms with E-state index in [9.17, 15) is 4.79 Å². The average Bonchev–Trinajstić information content (AvgIpc) is 2.60. The van der Waals surface area contributed by atoms with Gasteiger partial charge in [-0.25, -0.2) is 9.97 Å². The fraction of sp³-hybridized carbons (Fsp3) is 0.105. The molecule has 0 unspecified atom stereocenters. The Labute approximate surface area is 150 Å². The predicted octanol–water partition coefficient (Wildman–Crippen LogP) is 4.33. The van der Waals surface area contributed by atoms with Gasteiger partial charge in [0.05, 0.1) is 0 Å². The van der Waals surface area contributed by atoms with Crippen molar-refractivity contribution in [3.8, 4) is 17.0 Å². The molecule has 0 bridgehead atoms. The molecule has 5 nitrogen and oxygen atoms in total. The van der Waals surface area contributed by atoms with Crippen LogP contribution >= 0.6 is 11.6 Å².